The number of benzene rings is 1. The number of thiophene rings is 1. The molecule has 130 valence electrons. The lowest BCUT2D eigenvalue weighted by molar-refractivity contribution is -1.02. The van der Waals surface area contributed by atoms with Gasteiger partial charge in [-0.05, 0) is 18.4 Å². The molecule has 0 radical (unpaired) electrons. The maximum absolute atomic E-state index is 12.5. The molecule has 0 saturated carbocycles. The van der Waals surface area contributed by atoms with Gasteiger partial charge in [-0.3, -0.25) is 4.79 Å². The maximum Gasteiger partial charge on any atom is 0.283 e. The molecule has 5 nitrogen and oxygen atoms in total. The molecule has 1 aliphatic heterocycles. The van der Waals surface area contributed by atoms with Crippen molar-refractivity contribution in [3.63, 3.8) is 0 Å². The van der Waals surface area contributed by atoms with Gasteiger partial charge >= 0.3 is 0 Å². The minimum Gasteiger partial charge on any atom is -0.322 e. The topological polar surface area (TPSA) is 61.8 Å². The highest BCUT2D eigenvalue weighted by Crippen LogP contribution is 2.21. The predicted molar refractivity (Wildman–Crippen MR) is 98.7 cm³/mol. The number of anilines is 1. The number of quaternary nitrogens is 2. The second kappa shape index (κ2) is 8.26. The predicted octanol–water partition coefficient (Wildman–Crippen LogP) is -0.0696. The number of carbonyl (C=O) groups excluding carboxylic acids is 1. The average Bonchev–Trinajstić information content (AvgIpc) is 3.09. The van der Waals surface area contributed by atoms with Gasteiger partial charge in [0.1, 0.15) is 43.8 Å². The zero-order valence-corrected chi connectivity index (χ0v) is 15.2. The van der Waals surface area contributed by atoms with Crippen molar-refractivity contribution in [2.45, 2.75) is 19.5 Å². The lowest BCUT2D eigenvalue weighted by Gasteiger charge is -2.32. The Bertz CT molecular complexity index is 744. The summed E-state index contributed by atoms with van der Waals surface area (Å²) in [4.78, 5) is 15.4. The summed E-state index contributed by atoms with van der Waals surface area (Å²) in [6.45, 7) is 7.16. The van der Waals surface area contributed by atoms with Gasteiger partial charge in [-0.1, -0.05) is 30.3 Å². The van der Waals surface area contributed by atoms with Crippen molar-refractivity contribution in [1.82, 2.24) is 0 Å². The Morgan fingerprint density at radius 3 is 2.64 bits per heavy atom. The van der Waals surface area contributed by atoms with Crippen molar-refractivity contribution < 1.29 is 14.6 Å². The molecule has 2 aromatic rings. The van der Waals surface area contributed by atoms with Crippen molar-refractivity contribution in [2.75, 3.05) is 31.5 Å². The van der Waals surface area contributed by atoms with Crippen LogP contribution in [0.15, 0.2) is 41.8 Å². The van der Waals surface area contributed by atoms with E-state index < -0.39 is 0 Å². The van der Waals surface area contributed by atoms with Crippen molar-refractivity contribution >= 4 is 22.2 Å². The minimum absolute atomic E-state index is 0.000425. The summed E-state index contributed by atoms with van der Waals surface area (Å²) in [6.07, 6.45) is 0. The quantitative estimate of drug-likeness (QED) is 0.702. The molecule has 0 spiro atoms. The Hall–Kier alpha value is -2.20. The van der Waals surface area contributed by atoms with E-state index in [-0.39, 0.29) is 11.9 Å². The summed E-state index contributed by atoms with van der Waals surface area (Å²) in [5, 5.41) is 14.5. The van der Waals surface area contributed by atoms with Gasteiger partial charge in [0, 0.05) is 5.56 Å². The number of hydrogen-bond acceptors (Lipinski definition) is 3. The molecule has 6 heteroatoms. The van der Waals surface area contributed by atoms with Gasteiger partial charge in [-0.25, -0.2) is 0 Å². The SMILES string of the molecule is C[C@H](C(=O)Nc1sccc1C#N)[NH+]1CC[NH+](Cc2ccccc2)CC1. The fourth-order valence-electron chi connectivity index (χ4n) is 3.32. The van der Waals surface area contributed by atoms with E-state index in [0.29, 0.717) is 10.6 Å². The minimum atomic E-state index is -0.105. The molecule has 3 rings (SSSR count). The Morgan fingerprint density at radius 2 is 1.96 bits per heavy atom. The third kappa shape index (κ3) is 4.45. The molecule has 1 aliphatic rings. The molecule has 2 heterocycles. The van der Waals surface area contributed by atoms with Crippen LogP contribution in [0.4, 0.5) is 5.00 Å². The first kappa shape index (κ1) is 17.6. The van der Waals surface area contributed by atoms with Crippen LogP contribution in [0.2, 0.25) is 0 Å². The van der Waals surface area contributed by atoms with Crippen molar-refractivity contribution in [2.24, 2.45) is 0 Å². The lowest BCUT2D eigenvalue weighted by Crippen LogP contribution is -3.29. The van der Waals surface area contributed by atoms with Crippen LogP contribution < -0.4 is 15.1 Å². The molecule has 1 saturated heterocycles. The fraction of sp³-hybridized carbons (Fsp3) is 0.368. The van der Waals surface area contributed by atoms with E-state index in [0.717, 1.165) is 32.7 Å². The number of rotatable bonds is 5. The van der Waals surface area contributed by atoms with Gasteiger partial charge in [-0.2, -0.15) is 5.26 Å². The van der Waals surface area contributed by atoms with Gasteiger partial charge in [0.15, 0.2) is 6.04 Å². The zero-order valence-electron chi connectivity index (χ0n) is 14.4. The van der Waals surface area contributed by atoms with Crippen LogP contribution in [0.1, 0.15) is 18.1 Å². The molecular weight excluding hydrogens is 332 g/mol. The average molecular weight is 356 g/mol. The highest BCUT2D eigenvalue weighted by molar-refractivity contribution is 7.14. The van der Waals surface area contributed by atoms with E-state index in [1.807, 2.05) is 18.4 Å². The van der Waals surface area contributed by atoms with E-state index in [1.54, 1.807) is 11.0 Å². The smallest absolute Gasteiger partial charge is 0.283 e. The Labute approximate surface area is 152 Å². The first-order valence-corrected chi connectivity index (χ1v) is 9.56. The van der Waals surface area contributed by atoms with Crippen LogP contribution in [-0.2, 0) is 11.3 Å². The molecule has 1 atom stereocenters. The molecular formula is C19H24N4OS+2. The van der Waals surface area contributed by atoms with E-state index in [4.69, 9.17) is 5.26 Å². The van der Waals surface area contributed by atoms with Crippen LogP contribution in [0.5, 0.6) is 0 Å². The molecule has 3 N–H and O–H groups in total. The van der Waals surface area contributed by atoms with E-state index >= 15 is 0 Å². The first-order chi connectivity index (χ1) is 12.2. The molecule has 0 bridgehead atoms. The summed E-state index contributed by atoms with van der Waals surface area (Å²) in [5.41, 5.74) is 1.91. The van der Waals surface area contributed by atoms with E-state index in [2.05, 4.69) is 35.7 Å². The molecule has 1 aromatic heterocycles. The van der Waals surface area contributed by atoms with Crippen molar-refractivity contribution in [1.29, 1.82) is 5.26 Å². The number of piperazine rings is 1. The van der Waals surface area contributed by atoms with Crippen LogP contribution in [0.25, 0.3) is 0 Å². The molecule has 0 aliphatic carbocycles. The van der Waals surface area contributed by atoms with Gasteiger partial charge in [0.25, 0.3) is 5.91 Å². The second-order valence-electron chi connectivity index (χ2n) is 6.56. The van der Waals surface area contributed by atoms with Crippen LogP contribution in [-0.4, -0.2) is 38.1 Å². The van der Waals surface area contributed by atoms with Gasteiger partial charge in [-0.15, -0.1) is 11.3 Å². The summed E-state index contributed by atoms with van der Waals surface area (Å²) in [5.74, 6) is 0.000425. The van der Waals surface area contributed by atoms with Gasteiger partial charge in [0.2, 0.25) is 0 Å². The monoisotopic (exact) mass is 356 g/mol. The number of nitrogens with one attached hydrogen (secondary N) is 3. The third-order valence-electron chi connectivity index (χ3n) is 4.92. The van der Waals surface area contributed by atoms with Crippen molar-refractivity contribution in [3.8, 4) is 6.07 Å². The number of carbonyl (C=O) groups is 1. The van der Waals surface area contributed by atoms with Crippen LogP contribution >= 0.6 is 11.3 Å². The summed E-state index contributed by atoms with van der Waals surface area (Å²) < 4.78 is 0. The first-order valence-electron chi connectivity index (χ1n) is 8.68. The fourth-order valence-corrected chi connectivity index (χ4v) is 4.06. The summed E-state index contributed by atoms with van der Waals surface area (Å²) >= 11 is 1.40. The Kier molecular flexibility index (Phi) is 5.82. The maximum atomic E-state index is 12.5. The van der Waals surface area contributed by atoms with E-state index in [1.165, 1.54) is 21.8 Å². The Balaban J connectivity index is 1.50. The summed E-state index contributed by atoms with van der Waals surface area (Å²) in [6, 6.07) is 14.3. The molecule has 0 unspecified atom stereocenters. The number of nitrogens with zero attached hydrogens (tertiary/aromatic N) is 1. The lowest BCUT2D eigenvalue weighted by atomic mass is 10.1. The molecule has 1 amide bonds. The molecule has 1 aromatic carbocycles. The largest absolute Gasteiger partial charge is 0.322 e. The third-order valence-corrected chi connectivity index (χ3v) is 5.75. The van der Waals surface area contributed by atoms with Gasteiger partial charge < -0.3 is 15.1 Å². The standard InChI is InChI=1S/C19H22N4OS/c1-15(18(24)21-19-17(13-20)7-12-25-19)23-10-8-22(9-11-23)14-16-5-3-2-4-6-16/h2-7,12,15H,8-11,14H2,1H3,(H,21,24)/p+2/t15-/m1/s1. The number of nitriles is 1. The van der Waals surface area contributed by atoms with Crippen LogP contribution in [0, 0.1) is 11.3 Å². The van der Waals surface area contributed by atoms with E-state index in [9.17, 15) is 4.79 Å². The highest BCUT2D eigenvalue weighted by Gasteiger charge is 2.31. The Morgan fingerprint density at radius 1 is 1.24 bits per heavy atom. The normalized spacial score (nSPS) is 21.3. The number of amides is 1. The molecule has 1 fully saturated rings. The van der Waals surface area contributed by atoms with Gasteiger partial charge in [0.05, 0.1) is 5.56 Å². The second-order valence-corrected chi connectivity index (χ2v) is 7.47. The zero-order chi connectivity index (χ0) is 17.6. The van der Waals surface area contributed by atoms with Crippen molar-refractivity contribution in [3.05, 3.63) is 52.9 Å². The highest BCUT2D eigenvalue weighted by atomic mass is 32.1. The molecule has 25 heavy (non-hydrogen) atoms. The number of hydrogen-bond donors (Lipinski definition) is 3. The summed E-state index contributed by atoms with van der Waals surface area (Å²) in [7, 11) is 0. The van der Waals surface area contributed by atoms with Crippen LogP contribution in [0.3, 0.4) is 0 Å².